The molecule has 0 spiro atoms. The van der Waals surface area contributed by atoms with Gasteiger partial charge in [0.15, 0.2) is 0 Å². The van der Waals surface area contributed by atoms with E-state index in [9.17, 15) is 0 Å². The van der Waals surface area contributed by atoms with Gasteiger partial charge in [-0.25, -0.2) is 9.97 Å². The van der Waals surface area contributed by atoms with Gasteiger partial charge in [0.05, 0.1) is 27.6 Å². The summed E-state index contributed by atoms with van der Waals surface area (Å²) in [7, 11) is 0. The minimum Gasteiger partial charge on any atom is -0.255 e. The summed E-state index contributed by atoms with van der Waals surface area (Å²) in [6, 6.07) is 29.0. The Labute approximate surface area is 161 Å². The molecule has 0 saturated heterocycles. The van der Waals surface area contributed by atoms with Crippen molar-refractivity contribution in [3.8, 4) is 0 Å². The number of benzene rings is 3. The zero-order chi connectivity index (χ0) is 18.5. The molecule has 28 heavy (non-hydrogen) atoms. The predicted octanol–water partition coefficient (Wildman–Crippen LogP) is 6.20. The zero-order valence-corrected chi connectivity index (χ0v) is 15.0. The minimum atomic E-state index is 0.903. The van der Waals surface area contributed by atoms with Crippen LogP contribution < -0.4 is 0 Å². The maximum absolute atomic E-state index is 5.02. The Bertz CT molecular complexity index is 1550. The van der Waals surface area contributed by atoms with Gasteiger partial charge in [-0.1, -0.05) is 66.7 Å². The average Bonchev–Trinajstić information content (AvgIpc) is 2.76. The molecule has 3 heteroatoms. The lowest BCUT2D eigenvalue weighted by molar-refractivity contribution is 1.43. The van der Waals surface area contributed by atoms with Crippen molar-refractivity contribution in [3.63, 3.8) is 0 Å². The number of nitrogens with zero attached hydrogens (tertiary/aromatic N) is 3. The summed E-state index contributed by atoms with van der Waals surface area (Å²) >= 11 is 0. The third kappa shape index (κ3) is 2.26. The number of fused-ring (bicyclic) bond motifs is 5. The van der Waals surface area contributed by atoms with E-state index in [0.717, 1.165) is 54.5 Å². The quantitative estimate of drug-likeness (QED) is 0.325. The van der Waals surface area contributed by atoms with E-state index >= 15 is 0 Å². The highest BCUT2D eigenvalue weighted by Crippen LogP contribution is 2.26. The van der Waals surface area contributed by atoms with Crippen LogP contribution in [-0.2, 0) is 0 Å². The summed E-state index contributed by atoms with van der Waals surface area (Å²) < 4.78 is 0. The monoisotopic (exact) mass is 357 g/mol. The van der Waals surface area contributed by atoms with Crippen LogP contribution in [0, 0.1) is 0 Å². The second-order valence-corrected chi connectivity index (χ2v) is 6.96. The smallest absolute Gasteiger partial charge is 0.0803 e. The van der Waals surface area contributed by atoms with E-state index in [0.29, 0.717) is 0 Å². The van der Waals surface area contributed by atoms with Crippen LogP contribution in [-0.4, -0.2) is 15.0 Å². The lowest BCUT2D eigenvalue weighted by Crippen LogP contribution is -1.87. The van der Waals surface area contributed by atoms with Crippen molar-refractivity contribution in [3.05, 3.63) is 91.1 Å². The van der Waals surface area contributed by atoms with E-state index in [1.165, 1.54) is 0 Å². The maximum atomic E-state index is 5.02. The van der Waals surface area contributed by atoms with Crippen molar-refractivity contribution in [1.82, 2.24) is 15.0 Å². The van der Waals surface area contributed by atoms with Gasteiger partial charge in [0.1, 0.15) is 0 Å². The Balaban J connectivity index is 1.98. The molecule has 3 aromatic heterocycles. The summed E-state index contributed by atoms with van der Waals surface area (Å²) in [5, 5.41) is 5.30. The van der Waals surface area contributed by atoms with Gasteiger partial charge in [0, 0.05) is 33.1 Å². The number of pyridine rings is 2. The van der Waals surface area contributed by atoms with E-state index in [1.807, 2.05) is 30.5 Å². The molecule has 0 fully saturated rings. The number of hydrogen-bond donors (Lipinski definition) is 0. The van der Waals surface area contributed by atoms with Crippen LogP contribution in [0.1, 0.15) is 0 Å². The molecule has 0 amide bonds. The lowest BCUT2D eigenvalue weighted by atomic mass is 10.1. The fourth-order valence-electron chi connectivity index (χ4n) is 3.87. The molecular formula is C25H15N3. The average molecular weight is 357 g/mol. The van der Waals surface area contributed by atoms with E-state index in [2.05, 4.69) is 60.7 Å². The van der Waals surface area contributed by atoms with Crippen LogP contribution in [0.5, 0.6) is 0 Å². The molecule has 0 N–H and O–H groups in total. The van der Waals surface area contributed by atoms with Crippen LogP contribution in [0.3, 0.4) is 0 Å². The maximum Gasteiger partial charge on any atom is 0.0803 e. The van der Waals surface area contributed by atoms with Gasteiger partial charge >= 0.3 is 0 Å². The lowest BCUT2D eigenvalue weighted by Gasteiger charge is -2.05. The second kappa shape index (κ2) is 5.83. The third-order valence-corrected chi connectivity index (χ3v) is 5.27. The first-order chi connectivity index (χ1) is 13.9. The van der Waals surface area contributed by atoms with Gasteiger partial charge < -0.3 is 0 Å². The normalized spacial score (nSPS) is 11.6. The van der Waals surface area contributed by atoms with Gasteiger partial charge in [0.2, 0.25) is 0 Å². The molecule has 0 radical (unpaired) electrons. The van der Waals surface area contributed by atoms with E-state index in [4.69, 9.17) is 15.0 Å². The van der Waals surface area contributed by atoms with Crippen LogP contribution in [0.25, 0.3) is 54.5 Å². The summed E-state index contributed by atoms with van der Waals surface area (Å²) in [4.78, 5) is 14.8. The van der Waals surface area contributed by atoms with Gasteiger partial charge in [-0.2, -0.15) is 0 Å². The van der Waals surface area contributed by atoms with Crippen molar-refractivity contribution in [2.45, 2.75) is 0 Å². The van der Waals surface area contributed by atoms with Crippen LogP contribution >= 0.6 is 0 Å². The molecule has 3 nitrogen and oxygen atoms in total. The number of rotatable bonds is 0. The Morgan fingerprint density at radius 3 is 1.96 bits per heavy atom. The molecule has 0 atom stereocenters. The minimum absolute atomic E-state index is 0.903. The zero-order valence-electron chi connectivity index (χ0n) is 15.0. The summed E-state index contributed by atoms with van der Waals surface area (Å²) in [5.74, 6) is 0. The van der Waals surface area contributed by atoms with E-state index in [-0.39, 0.29) is 0 Å². The molecule has 6 rings (SSSR count). The van der Waals surface area contributed by atoms with Gasteiger partial charge in [-0.05, 0) is 18.2 Å². The first kappa shape index (κ1) is 15.2. The van der Waals surface area contributed by atoms with Crippen molar-refractivity contribution >= 4 is 54.5 Å². The Kier molecular flexibility index (Phi) is 3.17. The van der Waals surface area contributed by atoms with Crippen molar-refractivity contribution in [2.75, 3.05) is 0 Å². The van der Waals surface area contributed by atoms with Gasteiger partial charge in [-0.15, -0.1) is 0 Å². The highest BCUT2D eigenvalue weighted by Gasteiger charge is 2.05. The third-order valence-electron chi connectivity index (χ3n) is 5.27. The summed E-state index contributed by atoms with van der Waals surface area (Å²) in [5.41, 5.74) is 4.67. The standard InChI is InChI=1S/C25H15N3/c1-2-10-21-19(8-1)22-13-12-17-6-4-9-20(25(17)28-22)23-14-11-16-5-3-7-18(15-26-21)24(16)27-23/h1-15H. The Morgan fingerprint density at radius 2 is 1.07 bits per heavy atom. The second-order valence-electron chi connectivity index (χ2n) is 6.96. The van der Waals surface area contributed by atoms with Crippen molar-refractivity contribution in [1.29, 1.82) is 0 Å². The molecule has 0 saturated carbocycles. The van der Waals surface area contributed by atoms with Crippen LogP contribution in [0.2, 0.25) is 0 Å². The van der Waals surface area contributed by atoms with Crippen molar-refractivity contribution in [2.24, 2.45) is 0 Å². The first-order valence-corrected chi connectivity index (χ1v) is 9.30. The first-order valence-electron chi connectivity index (χ1n) is 9.30. The van der Waals surface area contributed by atoms with E-state index < -0.39 is 0 Å². The summed E-state index contributed by atoms with van der Waals surface area (Å²) in [6.45, 7) is 0. The molecule has 4 bridgehead atoms. The van der Waals surface area contributed by atoms with Crippen LogP contribution in [0.15, 0.2) is 91.1 Å². The molecular weight excluding hydrogens is 342 g/mol. The van der Waals surface area contributed by atoms with E-state index in [1.54, 1.807) is 0 Å². The number of para-hydroxylation sites is 3. The topological polar surface area (TPSA) is 38.7 Å². The fraction of sp³-hybridized carbons (Fsp3) is 0. The Hall–Kier alpha value is -3.85. The van der Waals surface area contributed by atoms with Gasteiger partial charge in [0.25, 0.3) is 0 Å². The van der Waals surface area contributed by atoms with Gasteiger partial charge in [-0.3, -0.25) is 4.98 Å². The SMILES string of the molecule is c1cc2ccc3nc2c(c1)cnc1ccccc1c1ccc2cccc3c2n1. The molecule has 0 aliphatic rings. The molecule has 3 heterocycles. The highest BCUT2D eigenvalue weighted by molar-refractivity contribution is 6.07. The highest BCUT2D eigenvalue weighted by atomic mass is 14.7. The number of aromatic nitrogens is 3. The molecule has 0 aliphatic heterocycles. The molecule has 6 aromatic rings. The molecule has 3 aromatic carbocycles. The van der Waals surface area contributed by atoms with Crippen LogP contribution in [0.4, 0.5) is 0 Å². The predicted molar refractivity (Wildman–Crippen MR) is 116 cm³/mol. The fourth-order valence-corrected chi connectivity index (χ4v) is 3.87. The Morgan fingerprint density at radius 1 is 0.429 bits per heavy atom. The number of hydrogen-bond acceptors (Lipinski definition) is 3. The summed E-state index contributed by atoms with van der Waals surface area (Å²) in [6.07, 6.45) is 1.91. The van der Waals surface area contributed by atoms with Crippen molar-refractivity contribution < 1.29 is 0 Å². The molecule has 130 valence electrons. The largest absolute Gasteiger partial charge is 0.255 e. The molecule has 0 unspecified atom stereocenters. The molecule has 0 aliphatic carbocycles.